The Labute approximate surface area is 109 Å². The van der Waals surface area contributed by atoms with Crippen molar-refractivity contribution in [1.82, 2.24) is 0 Å². The monoisotopic (exact) mass is 235 g/mol. The number of nitrogens with two attached hydrogens (primary N) is 1. The fourth-order valence-electron chi connectivity index (χ4n) is 1.80. The molecule has 1 nitrogen and oxygen atoms in total. The third-order valence-corrected chi connectivity index (χ3v) is 2.69. The molecule has 0 aromatic heterocycles. The van der Waals surface area contributed by atoms with E-state index in [1.165, 1.54) is 11.1 Å². The average Bonchev–Trinajstić information content (AvgIpc) is 2.39. The molecule has 2 aromatic rings. The predicted octanol–water partition coefficient (Wildman–Crippen LogP) is 2.98. The quantitative estimate of drug-likeness (QED) is 0.796. The zero-order chi connectivity index (χ0) is 12.8. The van der Waals surface area contributed by atoms with Crippen LogP contribution in [-0.2, 0) is 6.42 Å². The minimum Gasteiger partial charge on any atom is -0.318 e. The molecule has 0 fully saturated rings. The van der Waals surface area contributed by atoms with Crippen LogP contribution in [0, 0.1) is 11.8 Å². The van der Waals surface area contributed by atoms with E-state index >= 15 is 0 Å². The third-order valence-electron chi connectivity index (χ3n) is 2.69. The van der Waals surface area contributed by atoms with Gasteiger partial charge in [0.1, 0.15) is 0 Å². The van der Waals surface area contributed by atoms with Gasteiger partial charge in [0.25, 0.3) is 0 Å². The Morgan fingerprint density at radius 2 is 1.67 bits per heavy atom. The van der Waals surface area contributed by atoms with E-state index in [9.17, 15) is 0 Å². The Bertz CT molecular complexity index is 559. The van der Waals surface area contributed by atoms with E-state index in [0.29, 0.717) is 0 Å². The highest BCUT2D eigenvalue weighted by molar-refractivity contribution is 5.44. The first-order valence-corrected chi connectivity index (χ1v) is 6.14. The van der Waals surface area contributed by atoms with Gasteiger partial charge >= 0.3 is 0 Å². The highest BCUT2D eigenvalue weighted by Crippen LogP contribution is 2.13. The van der Waals surface area contributed by atoms with Crippen molar-refractivity contribution in [3.05, 3.63) is 71.3 Å². The second-order valence-electron chi connectivity index (χ2n) is 4.38. The molecule has 0 spiro atoms. The standard InChI is InChI=1S/C17H17N/c1-14(18)11-12-16-9-5-6-10-17(16)13-15-7-3-2-4-8-15/h2-10,14H,13,18H2,1H3. The lowest BCUT2D eigenvalue weighted by molar-refractivity contribution is 0.959. The van der Waals surface area contributed by atoms with Gasteiger partial charge in [-0.05, 0) is 30.5 Å². The van der Waals surface area contributed by atoms with E-state index in [0.717, 1.165) is 12.0 Å². The highest BCUT2D eigenvalue weighted by Gasteiger charge is 2.00. The van der Waals surface area contributed by atoms with Gasteiger partial charge < -0.3 is 5.73 Å². The largest absolute Gasteiger partial charge is 0.318 e. The summed E-state index contributed by atoms with van der Waals surface area (Å²) in [6.07, 6.45) is 0.907. The van der Waals surface area contributed by atoms with Crippen molar-refractivity contribution >= 4 is 0 Å². The summed E-state index contributed by atoms with van der Waals surface area (Å²) in [6, 6.07) is 18.6. The third kappa shape index (κ3) is 3.48. The molecule has 0 saturated heterocycles. The van der Waals surface area contributed by atoms with E-state index in [1.807, 2.05) is 25.1 Å². The molecular formula is C17H17N. The van der Waals surface area contributed by atoms with E-state index in [4.69, 9.17) is 5.73 Å². The van der Waals surface area contributed by atoms with Gasteiger partial charge in [0, 0.05) is 5.56 Å². The maximum atomic E-state index is 5.67. The lowest BCUT2D eigenvalue weighted by Gasteiger charge is -2.04. The summed E-state index contributed by atoms with van der Waals surface area (Å²) < 4.78 is 0. The minimum atomic E-state index is -0.0882. The number of rotatable bonds is 2. The van der Waals surface area contributed by atoms with E-state index in [2.05, 4.69) is 48.2 Å². The van der Waals surface area contributed by atoms with Gasteiger partial charge in [-0.2, -0.15) is 0 Å². The highest BCUT2D eigenvalue weighted by atomic mass is 14.6. The van der Waals surface area contributed by atoms with Crippen molar-refractivity contribution in [2.45, 2.75) is 19.4 Å². The molecule has 0 aliphatic heterocycles. The van der Waals surface area contributed by atoms with Crippen LogP contribution < -0.4 is 5.73 Å². The summed E-state index contributed by atoms with van der Waals surface area (Å²) in [5, 5.41) is 0. The molecule has 90 valence electrons. The first-order chi connectivity index (χ1) is 8.75. The van der Waals surface area contributed by atoms with Crippen LogP contribution >= 0.6 is 0 Å². The van der Waals surface area contributed by atoms with Crippen LogP contribution in [0.1, 0.15) is 23.6 Å². The molecule has 0 bridgehead atoms. The molecular weight excluding hydrogens is 218 g/mol. The van der Waals surface area contributed by atoms with Gasteiger partial charge in [-0.1, -0.05) is 60.4 Å². The number of hydrogen-bond donors (Lipinski definition) is 1. The lowest BCUT2D eigenvalue weighted by atomic mass is 10.00. The summed E-state index contributed by atoms with van der Waals surface area (Å²) in [6.45, 7) is 1.90. The Hall–Kier alpha value is -2.04. The zero-order valence-electron chi connectivity index (χ0n) is 10.6. The maximum absolute atomic E-state index is 5.67. The van der Waals surface area contributed by atoms with Crippen LogP contribution in [0.2, 0.25) is 0 Å². The van der Waals surface area contributed by atoms with Crippen molar-refractivity contribution in [3.63, 3.8) is 0 Å². The molecule has 0 aliphatic carbocycles. The zero-order valence-corrected chi connectivity index (χ0v) is 10.6. The molecule has 1 heteroatoms. The van der Waals surface area contributed by atoms with Crippen molar-refractivity contribution in [2.24, 2.45) is 5.73 Å². The molecule has 0 aliphatic rings. The van der Waals surface area contributed by atoms with Gasteiger partial charge in [-0.15, -0.1) is 0 Å². The normalized spacial score (nSPS) is 11.4. The predicted molar refractivity (Wildman–Crippen MR) is 76.2 cm³/mol. The van der Waals surface area contributed by atoms with E-state index in [1.54, 1.807) is 0 Å². The molecule has 1 atom stereocenters. The van der Waals surface area contributed by atoms with Crippen LogP contribution in [0.3, 0.4) is 0 Å². The maximum Gasteiger partial charge on any atom is 0.0639 e. The lowest BCUT2D eigenvalue weighted by Crippen LogP contribution is -2.11. The van der Waals surface area contributed by atoms with Crippen molar-refractivity contribution in [3.8, 4) is 11.8 Å². The van der Waals surface area contributed by atoms with Crippen LogP contribution in [0.5, 0.6) is 0 Å². The molecule has 2 aromatic carbocycles. The van der Waals surface area contributed by atoms with Gasteiger partial charge in [-0.3, -0.25) is 0 Å². The van der Waals surface area contributed by atoms with Crippen molar-refractivity contribution in [1.29, 1.82) is 0 Å². The summed E-state index contributed by atoms with van der Waals surface area (Å²) in [4.78, 5) is 0. The second kappa shape index (κ2) is 6.05. The van der Waals surface area contributed by atoms with Crippen molar-refractivity contribution < 1.29 is 0 Å². The average molecular weight is 235 g/mol. The van der Waals surface area contributed by atoms with E-state index < -0.39 is 0 Å². The van der Waals surface area contributed by atoms with Gasteiger partial charge in [0.15, 0.2) is 0 Å². The molecule has 2 N–H and O–H groups in total. The molecule has 0 heterocycles. The molecule has 1 unspecified atom stereocenters. The first kappa shape index (κ1) is 12.4. The fraction of sp³-hybridized carbons (Fsp3) is 0.176. The van der Waals surface area contributed by atoms with Gasteiger partial charge in [0.2, 0.25) is 0 Å². The smallest absolute Gasteiger partial charge is 0.0639 e. The number of benzene rings is 2. The Balaban J connectivity index is 2.26. The first-order valence-electron chi connectivity index (χ1n) is 6.14. The Morgan fingerprint density at radius 1 is 1.00 bits per heavy atom. The molecule has 0 saturated carbocycles. The summed E-state index contributed by atoms with van der Waals surface area (Å²) >= 11 is 0. The second-order valence-corrected chi connectivity index (χ2v) is 4.38. The Kier molecular flexibility index (Phi) is 4.17. The Morgan fingerprint density at radius 3 is 2.39 bits per heavy atom. The summed E-state index contributed by atoms with van der Waals surface area (Å²) in [5.74, 6) is 6.17. The van der Waals surface area contributed by atoms with Crippen LogP contribution in [0.15, 0.2) is 54.6 Å². The molecule has 0 radical (unpaired) electrons. The van der Waals surface area contributed by atoms with Crippen LogP contribution in [0.4, 0.5) is 0 Å². The van der Waals surface area contributed by atoms with Gasteiger partial charge in [-0.25, -0.2) is 0 Å². The molecule has 18 heavy (non-hydrogen) atoms. The fourth-order valence-corrected chi connectivity index (χ4v) is 1.80. The molecule has 0 amide bonds. The summed E-state index contributed by atoms with van der Waals surface area (Å²) in [7, 11) is 0. The number of hydrogen-bond acceptors (Lipinski definition) is 1. The van der Waals surface area contributed by atoms with Crippen LogP contribution in [0.25, 0.3) is 0 Å². The molecule has 2 rings (SSSR count). The van der Waals surface area contributed by atoms with Gasteiger partial charge in [0.05, 0.1) is 6.04 Å². The van der Waals surface area contributed by atoms with E-state index in [-0.39, 0.29) is 6.04 Å². The minimum absolute atomic E-state index is 0.0882. The van der Waals surface area contributed by atoms with Crippen molar-refractivity contribution in [2.75, 3.05) is 0 Å². The topological polar surface area (TPSA) is 26.0 Å². The summed E-state index contributed by atoms with van der Waals surface area (Å²) in [5.41, 5.74) is 9.28. The SMILES string of the molecule is CC(N)C#Cc1ccccc1Cc1ccccc1. The van der Waals surface area contributed by atoms with Crippen LogP contribution in [-0.4, -0.2) is 6.04 Å².